The van der Waals surface area contributed by atoms with Crippen molar-refractivity contribution in [1.29, 1.82) is 0 Å². The van der Waals surface area contributed by atoms with E-state index in [4.69, 9.17) is 4.74 Å². The highest BCUT2D eigenvalue weighted by molar-refractivity contribution is 5.78. The molecule has 17 heterocycles. The number of halogens is 3. The second-order valence-electron chi connectivity index (χ2n) is 44.2. The van der Waals surface area contributed by atoms with Gasteiger partial charge in [-0.3, -0.25) is 4.98 Å². The first-order valence-electron chi connectivity index (χ1n) is 53.6. The van der Waals surface area contributed by atoms with Gasteiger partial charge in [0.2, 0.25) is 0 Å². The molecule has 16 saturated heterocycles. The molecule has 0 bridgehead atoms. The zero-order valence-corrected chi connectivity index (χ0v) is 87.6. The molecule has 136 heavy (non-hydrogen) atoms. The number of rotatable bonds is 13. The van der Waals surface area contributed by atoms with Crippen molar-refractivity contribution in [3.8, 4) is 0 Å². The van der Waals surface area contributed by atoms with E-state index in [2.05, 4.69) is 139 Å². The Labute approximate surface area is 818 Å². The van der Waals surface area contributed by atoms with Crippen molar-refractivity contribution < 1.29 is 51.5 Å². The van der Waals surface area contributed by atoms with Crippen LogP contribution in [0.3, 0.4) is 0 Å². The molecule has 30 nitrogen and oxygen atoms in total. The van der Waals surface area contributed by atoms with Crippen molar-refractivity contribution in [3.63, 3.8) is 0 Å². The first-order chi connectivity index (χ1) is 65.1. The fraction of sp³-hybridized carbons (Fsp3) is 0.883. The van der Waals surface area contributed by atoms with Gasteiger partial charge in [0.05, 0.1) is 31.5 Å². The summed E-state index contributed by atoms with van der Waals surface area (Å²) in [6.07, 6.45) is 31.7. The summed E-state index contributed by atoms with van der Waals surface area (Å²) in [6.45, 7) is 32.4. The average molecular weight is 1920 g/mol. The molecular weight excluding hydrogens is 1730 g/mol. The van der Waals surface area contributed by atoms with Crippen LogP contribution in [0.4, 0.5) is 46.7 Å². The van der Waals surface area contributed by atoms with Gasteiger partial charge in [-0.25, -0.2) is 33.6 Å². The maximum Gasteiger partial charge on any atom is 0.406 e. The number of hydrogen-bond donors (Lipinski definition) is 0. The number of carbonyl (C=O) groups excluding carboxylic acids is 7. The second kappa shape index (κ2) is 53.6. The summed E-state index contributed by atoms with van der Waals surface area (Å²) in [5.41, 5.74) is 0.943. The first-order valence-corrected chi connectivity index (χ1v) is 53.6. The van der Waals surface area contributed by atoms with Crippen molar-refractivity contribution in [2.24, 2.45) is 41.4 Å². The van der Waals surface area contributed by atoms with Crippen LogP contribution < -0.4 is 0 Å². The zero-order valence-electron chi connectivity index (χ0n) is 87.6. The maximum absolute atomic E-state index is 12.9. The number of aromatic nitrogens is 1. The number of pyridine rings is 1. The number of nitrogens with zero attached hydrogens (tertiary/aromatic N) is 22. The van der Waals surface area contributed by atoms with Gasteiger partial charge in [0, 0.05) is 169 Å². The number of piperidine rings is 7. The Balaban J connectivity index is 0.000000153. The molecule has 776 valence electrons. The molecule has 7 atom stereocenters. The van der Waals surface area contributed by atoms with E-state index in [9.17, 15) is 46.7 Å². The van der Waals surface area contributed by atoms with Crippen LogP contribution in [0.5, 0.6) is 0 Å². The highest BCUT2D eigenvalue weighted by Gasteiger charge is 2.47. The normalized spacial score (nSPS) is 26.8. The third kappa shape index (κ3) is 31.0. The molecule has 0 radical (unpaired) electrons. The topological polar surface area (TPSA) is 210 Å². The molecule has 33 heteroatoms. The molecule has 0 aliphatic carbocycles. The van der Waals surface area contributed by atoms with E-state index >= 15 is 0 Å². The quantitative estimate of drug-likeness (QED) is 0.180. The van der Waals surface area contributed by atoms with E-state index in [0.717, 1.165) is 158 Å². The monoisotopic (exact) mass is 1920 g/mol. The van der Waals surface area contributed by atoms with Crippen LogP contribution in [0, 0.1) is 41.4 Å². The minimum absolute atomic E-state index is 0.113. The number of urea groups is 7. The summed E-state index contributed by atoms with van der Waals surface area (Å²) in [6, 6.07) is 10.4. The largest absolute Gasteiger partial charge is 0.406 e. The zero-order chi connectivity index (χ0) is 98.0. The number of likely N-dealkylation sites (N-methyl/N-ethyl adjacent to an activating group) is 1. The minimum Gasteiger partial charge on any atom is -0.377 e. The summed E-state index contributed by atoms with van der Waals surface area (Å²) in [7, 11) is 27.7. The minimum atomic E-state index is -4.34. The third-order valence-corrected chi connectivity index (χ3v) is 33.7. The smallest absolute Gasteiger partial charge is 0.377 e. The lowest BCUT2D eigenvalue weighted by atomic mass is 9.88. The summed E-state index contributed by atoms with van der Waals surface area (Å²) < 4.78 is 42.5. The summed E-state index contributed by atoms with van der Waals surface area (Å²) >= 11 is 0. The third-order valence-electron chi connectivity index (χ3n) is 33.7. The van der Waals surface area contributed by atoms with Crippen molar-refractivity contribution >= 4 is 42.2 Å². The Morgan fingerprint density at radius 2 is 0.625 bits per heavy atom. The first kappa shape index (κ1) is 110. The van der Waals surface area contributed by atoms with Crippen molar-refractivity contribution in [2.75, 3.05) is 276 Å². The van der Waals surface area contributed by atoms with Gasteiger partial charge in [-0.05, 0) is 401 Å². The predicted molar refractivity (Wildman–Crippen MR) is 535 cm³/mol. The van der Waals surface area contributed by atoms with Crippen LogP contribution in [0.2, 0.25) is 0 Å². The maximum atomic E-state index is 12.9. The predicted octanol–water partition coefficient (Wildman–Crippen LogP) is 13.3. The lowest BCUT2D eigenvalue weighted by Crippen LogP contribution is -2.55. The SMILES string of the molecule is CCN(C(=O)N1CCC[C@H]1C1CCN(C)CC1)C(C)C.CN1CCC(C2CCCN2C(=O)N(C)C)CC1.CN1CCC([C@@H]2CCCN2C(=O)N(C)C)CC1.CN1CCC([C@@H]2CCCN2C(=O)N(C)C2COC2)CC1.CN1CCC([C@@H]2CCCN2C(=O)N(C)CC(F)(F)F)CC1.CN1CCC([C@@H]2CCCN2C(=O)N(C)Cc2ccccn2)CC1.CN1CCC([C@@H]2CCCN2C(=O)N2CCC2)CC1. The van der Waals surface area contributed by atoms with Crippen LogP contribution in [0.1, 0.15) is 213 Å². The van der Waals surface area contributed by atoms with Gasteiger partial charge in [-0.15, -0.1) is 0 Å². The standard InChI is InChI=1S/C18H28N4O.C16H31N3O.C15H27N3O2.C14H24F3N3O.C14H25N3O.2C13H25N3O/c1-20-12-8-15(9-13-20)17-7-5-11-22(17)18(23)21(2)14-16-6-3-4-10-19-16;1-5-18(13(2)3)16(20)19-10-6-7-15(19)14-8-11-17(4)12-9-14;1-16-8-5-12(6-9-16)14-4-3-7-18(14)15(19)17(2)13-10-20-11-13;1-18-8-5-11(6-9-18)12-4-3-7-20(12)13(21)19(2)10-14(15,16)17;1-15-10-5-12(6-11-15)13-4-2-9-17(13)14(18)16-7-3-8-16;2*1-14(2)13(17)16-8-4-5-12(16)11-6-9-15(3)10-7-11/h3-4,6,10,15,17H,5,7-9,11-14H2,1-2H3;13-15H,5-12H2,1-4H3;12-14H,3-11H2,1-2H3;11-12H,3-10H2,1-2H3;12-13H,2-11H2,1H3;2*11-12H,4-10H2,1-3H3/t17-;15-;14-;12-;13-;12-;/m000000./s1. The molecule has 0 aromatic carbocycles. The van der Waals surface area contributed by atoms with Crippen LogP contribution in [-0.4, -0.2) is 486 Å². The molecule has 16 aliphatic heterocycles. The molecule has 14 amide bonds. The molecule has 0 spiro atoms. The van der Waals surface area contributed by atoms with Gasteiger partial charge in [0.25, 0.3) is 0 Å². The fourth-order valence-corrected chi connectivity index (χ4v) is 25.0. The van der Waals surface area contributed by atoms with Crippen LogP contribution >= 0.6 is 0 Å². The van der Waals surface area contributed by atoms with E-state index in [1.54, 1.807) is 20.9 Å². The Kier molecular flexibility index (Phi) is 43.3. The fourth-order valence-electron chi connectivity index (χ4n) is 25.0. The summed E-state index contributed by atoms with van der Waals surface area (Å²) in [5, 5.41) is 0. The van der Waals surface area contributed by atoms with Gasteiger partial charge in [0.15, 0.2) is 0 Å². The molecule has 17 rings (SSSR count). The van der Waals surface area contributed by atoms with Crippen LogP contribution in [0.15, 0.2) is 24.4 Å². The number of alkyl halides is 3. The van der Waals surface area contributed by atoms with E-state index in [1.165, 1.54) is 214 Å². The molecule has 0 saturated carbocycles. The van der Waals surface area contributed by atoms with Gasteiger partial charge in [-0.2, -0.15) is 13.2 Å². The lowest BCUT2D eigenvalue weighted by molar-refractivity contribution is -0.138. The summed E-state index contributed by atoms with van der Waals surface area (Å²) in [5.74, 6) is 4.68. The number of likely N-dealkylation sites (tertiary alicyclic amines) is 15. The van der Waals surface area contributed by atoms with Gasteiger partial charge < -0.3 is 108 Å². The van der Waals surface area contributed by atoms with Crippen molar-refractivity contribution in [2.45, 2.75) is 274 Å². The number of amides is 14. The van der Waals surface area contributed by atoms with Crippen molar-refractivity contribution in [3.05, 3.63) is 30.1 Å². The van der Waals surface area contributed by atoms with Crippen LogP contribution in [-0.2, 0) is 11.3 Å². The molecule has 0 N–H and O–H groups in total. The van der Waals surface area contributed by atoms with E-state index in [-0.39, 0.29) is 36.2 Å². The molecule has 1 aromatic rings. The molecule has 16 aliphatic rings. The van der Waals surface area contributed by atoms with Gasteiger partial charge in [0.1, 0.15) is 6.54 Å². The summed E-state index contributed by atoms with van der Waals surface area (Å²) in [4.78, 5) is 135. The van der Waals surface area contributed by atoms with E-state index in [0.29, 0.717) is 104 Å². The van der Waals surface area contributed by atoms with Gasteiger partial charge in [-0.1, -0.05) is 6.07 Å². The van der Waals surface area contributed by atoms with Gasteiger partial charge >= 0.3 is 48.4 Å². The number of hydrogen-bond acceptors (Lipinski definition) is 16. The molecule has 1 unspecified atom stereocenters. The Morgan fingerprint density at radius 1 is 0.353 bits per heavy atom. The Bertz CT molecular complexity index is 3670. The van der Waals surface area contributed by atoms with Crippen LogP contribution in [0.25, 0.3) is 0 Å². The Morgan fingerprint density at radius 3 is 0.868 bits per heavy atom. The average Bonchev–Trinajstić information content (AvgIpc) is 1.38. The molecular formula is C103H185F3N22O8. The molecule has 16 fully saturated rings. The lowest BCUT2D eigenvalue weighted by Gasteiger charge is -2.41. The van der Waals surface area contributed by atoms with Crippen molar-refractivity contribution in [1.82, 2.24) is 108 Å². The Hall–Kier alpha value is -6.49. The highest BCUT2D eigenvalue weighted by atomic mass is 19.4. The highest BCUT2D eigenvalue weighted by Crippen LogP contribution is 2.40. The van der Waals surface area contributed by atoms with E-state index < -0.39 is 18.8 Å². The molecule has 1 aromatic heterocycles. The van der Waals surface area contributed by atoms with E-state index in [1.807, 2.05) is 80.1 Å². The number of ether oxygens (including phenoxy) is 1. The second-order valence-corrected chi connectivity index (χ2v) is 44.2. The number of carbonyl (C=O) groups is 7.